The Morgan fingerprint density at radius 2 is 2.31 bits per heavy atom. The maximum Gasteiger partial charge on any atom is 0.152 e. The van der Waals surface area contributed by atoms with Crippen molar-refractivity contribution >= 4 is 9.84 Å². The Labute approximate surface area is 94.9 Å². The van der Waals surface area contributed by atoms with Crippen molar-refractivity contribution in [3.8, 4) is 0 Å². The highest BCUT2D eigenvalue weighted by Gasteiger charge is 2.45. The third-order valence-corrected chi connectivity index (χ3v) is 5.41. The lowest BCUT2D eigenvalue weighted by molar-refractivity contribution is 0.253. The molecule has 3 rings (SSSR count). The van der Waals surface area contributed by atoms with Crippen LogP contribution in [0, 0.1) is 0 Å². The smallest absolute Gasteiger partial charge is 0.152 e. The van der Waals surface area contributed by atoms with Crippen LogP contribution < -0.4 is 5.32 Å². The molecular weight excluding hydrogens is 226 g/mol. The van der Waals surface area contributed by atoms with Crippen molar-refractivity contribution in [3.05, 3.63) is 23.7 Å². The average Bonchev–Trinajstić information content (AvgIpc) is 2.65. The van der Waals surface area contributed by atoms with Gasteiger partial charge in [-0.15, -0.1) is 0 Å². The van der Waals surface area contributed by atoms with E-state index in [1.165, 1.54) is 0 Å². The number of sulfone groups is 1. The van der Waals surface area contributed by atoms with E-state index in [0.29, 0.717) is 5.75 Å². The lowest BCUT2D eigenvalue weighted by Gasteiger charge is -2.39. The van der Waals surface area contributed by atoms with Gasteiger partial charge in [-0.25, -0.2) is 8.42 Å². The highest BCUT2D eigenvalue weighted by Crippen LogP contribution is 2.37. The van der Waals surface area contributed by atoms with Crippen molar-refractivity contribution in [1.29, 1.82) is 0 Å². The van der Waals surface area contributed by atoms with Crippen molar-refractivity contribution < 1.29 is 12.8 Å². The molecule has 1 unspecified atom stereocenters. The molecule has 0 amide bonds. The van der Waals surface area contributed by atoms with Crippen molar-refractivity contribution in [3.63, 3.8) is 0 Å². The highest BCUT2D eigenvalue weighted by atomic mass is 32.2. The van der Waals surface area contributed by atoms with Gasteiger partial charge in [0.25, 0.3) is 0 Å². The second-order valence-electron chi connectivity index (χ2n) is 4.73. The fraction of sp³-hybridized carbons (Fsp3) is 0.636. The molecule has 3 heterocycles. The summed E-state index contributed by atoms with van der Waals surface area (Å²) in [6.45, 7) is 0.835. The van der Waals surface area contributed by atoms with E-state index in [9.17, 15) is 8.42 Å². The first-order valence-corrected chi connectivity index (χ1v) is 7.46. The number of hydrogen-bond donors (Lipinski definition) is 1. The Kier molecular flexibility index (Phi) is 2.16. The minimum absolute atomic E-state index is 0.181. The zero-order valence-electron chi connectivity index (χ0n) is 9.03. The molecule has 1 fully saturated rings. The molecule has 1 spiro atoms. The zero-order chi connectivity index (χ0) is 11.2. The SMILES string of the molecule is O=S1(=O)CCCC2(C1)NCCc1ccoc12. The fourth-order valence-corrected chi connectivity index (χ4v) is 4.76. The molecule has 0 aromatic carbocycles. The van der Waals surface area contributed by atoms with Crippen molar-refractivity contribution in [2.24, 2.45) is 0 Å². The Hall–Kier alpha value is -0.810. The van der Waals surface area contributed by atoms with Gasteiger partial charge in [-0.1, -0.05) is 0 Å². The van der Waals surface area contributed by atoms with E-state index in [0.717, 1.165) is 37.1 Å². The van der Waals surface area contributed by atoms with Crippen LogP contribution in [0.2, 0.25) is 0 Å². The van der Waals surface area contributed by atoms with Crippen LogP contribution in [0.3, 0.4) is 0 Å². The second kappa shape index (κ2) is 3.34. The van der Waals surface area contributed by atoms with Gasteiger partial charge in [0, 0.05) is 6.54 Å². The molecule has 1 saturated heterocycles. The first-order valence-electron chi connectivity index (χ1n) is 5.64. The lowest BCUT2D eigenvalue weighted by Crippen LogP contribution is -2.53. The summed E-state index contributed by atoms with van der Waals surface area (Å²) in [6, 6.07) is 1.96. The highest BCUT2D eigenvalue weighted by molar-refractivity contribution is 7.91. The van der Waals surface area contributed by atoms with E-state index in [4.69, 9.17) is 4.42 Å². The first-order chi connectivity index (χ1) is 7.61. The summed E-state index contributed by atoms with van der Waals surface area (Å²) in [5.41, 5.74) is 0.713. The Morgan fingerprint density at radius 1 is 1.44 bits per heavy atom. The van der Waals surface area contributed by atoms with Crippen LogP contribution in [0.5, 0.6) is 0 Å². The van der Waals surface area contributed by atoms with Gasteiger partial charge < -0.3 is 9.73 Å². The predicted octanol–water partition coefficient (Wildman–Crippen LogP) is 0.829. The van der Waals surface area contributed by atoms with Gasteiger partial charge in [-0.2, -0.15) is 0 Å². The molecule has 0 radical (unpaired) electrons. The normalized spacial score (nSPS) is 32.5. The minimum Gasteiger partial charge on any atom is -0.467 e. The predicted molar refractivity (Wildman–Crippen MR) is 60.0 cm³/mol. The van der Waals surface area contributed by atoms with Gasteiger partial charge in [-0.3, -0.25) is 0 Å². The van der Waals surface area contributed by atoms with Crippen LogP contribution in [-0.4, -0.2) is 26.5 Å². The molecule has 4 nitrogen and oxygen atoms in total. The summed E-state index contributed by atoms with van der Waals surface area (Å²) in [5.74, 6) is 1.34. The van der Waals surface area contributed by atoms with Crippen LogP contribution in [0.15, 0.2) is 16.7 Å². The van der Waals surface area contributed by atoms with Gasteiger partial charge in [0.05, 0.1) is 23.3 Å². The standard InChI is InChI=1S/C11H15NO3S/c13-16(14)7-1-4-11(8-16)10-9(2-5-12-11)3-6-15-10/h3,6,12H,1-2,4-5,7-8H2. The third kappa shape index (κ3) is 1.50. The number of rotatable bonds is 0. The Bertz CT molecular complexity index is 505. The molecule has 0 aliphatic carbocycles. The average molecular weight is 241 g/mol. The van der Waals surface area contributed by atoms with Crippen molar-refractivity contribution in [2.45, 2.75) is 24.8 Å². The largest absolute Gasteiger partial charge is 0.467 e. The number of hydrogen-bond acceptors (Lipinski definition) is 4. The molecule has 88 valence electrons. The third-order valence-electron chi connectivity index (χ3n) is 3.56. The number of nitrogens with one attached hydrogen (secondary N) is 1. The van der Waals surface area contributed by atoms with Crippen molar-refractivity contribution in [1.82, 2.24) is 5.32 Å². The van der Waals surface area contributed by atoms with Crippen molar-refractivity contribution in [2.75, 3.05) is 18.1 Å². The van der Waals surface area contributed by atoms with Crippen LogP contribution in [0.4, 0.5) is 0 Å². The minimum atomic E-state index is -2.93. The van der Waals surface area contributed by atoms with Crippen LogP contribution in [0.25, 0.3) is 0 Å². The van der Waals surface area contributed by atoms with Gasteiger partial charge in [0.15, 0.2) is 9.84 Å². The molecule has 0 bridgehead atoms. The molecule has 5 heteroatoms. The maximum atomic E-state index is 11.8. The second-order valence-corrected chi connectivity index (χ2v) is 6.91. The monoisotopic (exact) mass is 241 g/mol. The van der Waals surface area contributed by atoms with Gasteiger partial charge in [0.1, 0.15) is 5.76 Å². The van der Waals surface area contributed by atoms with Gasteiger partial charge >= 0.3 is 0 Å². The zero-order valence-corrected chi connectivity index (χ0v) is 9.85. The van der Waals surface area contributed by atoms with Crippen LogP contribution in [0.1, 0.15) is 24.2 Å². The summed E-state index contributed by atoms with van der Waals surface area (Å²) < 4.78 is 29.1. The molecule has 2 aliphatic rings. The van der Waals surface area contributed by atoms with Gasteiger partial charge in [-0.05, 0) is 30.9 Å². The van der Waals surface area contributed by atoms with Crippen LogP contribution in [-0.2, 0) is 21.8 Å². The number of fused-ring (bicyclic) bond motifs is 2. The first kappa shape index (κ1) is 10.4. The summed E-state index contributed by atoms with van der Waals surface area (Å²) >= 11 is 0. The van der Waals surface area contributed by atoms with Crippen LogP contribution >= 0.6 is 0 Å². The summed E-state index contributed by atoms with van der Waals surface area (Å²) in [6.07, 6.45) is 4.16. The molecule has 1 atom stereocenters. The Balaban J connectivity index is 2.07. The van der Waals surface area contributed by atoms with E-state index < -0.39 is 15.4 Å². The Morgan fingerprint density at radius 3 is 3.12 bits per heavy atom. The molecule has 0 saturated carbocycles. The van der Waals surface area contributed by atoms with E-state index in [2.05, 4.69) is 5.32 Å². The van der Waals surface area contributed by atoms with Gasteiger partial charge in [0.2, 0.25) is 0 Å². The van der Waals surface area contributed by atoms with E-state index in [1.807, 2.05) is 6.07 Å². The molecule has 1 aromatic rings. The molecule has 1 aromatic heterocycles. The maximum absolute atomic E-state index is 11.8. The summed E-state index contributed by atoms with van der Waals surface area (Å²) in [4.78, 5) is 0. The van der Waals surface area contributed by atoms with E-state index in [1.54, 1.807) is 6.26 Å². The molecule has 2 aliphatic heterocycles. The summed E-state index contributed by atoms with van der Waals surface area (Å²) in [7, 11) is -2.93. The molecular formula is C11H15NO3S. The topological polar surface area (TPSA) is 59.3 Å². The molecule has 16 heavy (non-hydrogen) atoms. The van der Waals surface area contributed by atoms with E-state index >= 15 is 0 Å². The molecule has 1 N–H and O–H groups in total. The lowest BCUT2D eigenvalue weighted by atomic mass is 9.86. The van der Waals surface area contributed by atoms with E-state index in [-0.39, 0.29) is 5.75 Å². The quantitative estimate of drug-likeness (QED) is 0.731. The number of furan rings is 1. The fourth-order valence-electron chi connectivity index (χ4n) is 2.90. The summed E-state index contributed by atoms with van der Waals surface area (Å²) in [5, 5.41) is 3.36.